The van der Waals surface area contributed by atoms with Gasteiger partial charge in [0, 0.05) is 29.2 Å². The van der Waals surface area contributed by atoms with Crippen LogP contribution in [-0.4, -0.2) is 23.2 Å². The maximum atomic E-state index is 13.4. The zero-order chi connectivity index (χ0) is 22.2. The highest BCUT2D eigenvalue weighted by Crippen LogP contribution is 2.36. The Balaban J connectivity index is 1.68. The van der Waals surface area contributed by atoms with Crippen molar-refractivity contribution in [3.05, 3.63) is 58.9 Å². The van der Waals surface area contributed by atoms with Gasteiger partial charge in [-0.1, -0.05) is 30.2 Å². The van der Waals surface area contributed by atoms with Crippen molar-refractivity contribution in [2.75, 3.05) is 4.72 Å². The number of aryl methyl sites for hydroxylation is 1. The van der Waals surface area contributed by atoms with Gasteiger partial charge in [0.25, 0.3) is 10.0 Å². The molecule has 31 heavy (non-hydrogen) atoms. The molecule has 3 aromatic rings. The summed E-state index contributed by atoms with van der Waals surface area (Å²) in [5.41, 5.74) is -0.592. The van der Waals surface area contributed by atoms with Crippen molar-refractivity contribution in [1.29, 1.82) is 0 Å². The molecule has 0 saturated carbocycles. The molecule has 0 saturated heterocycles. The van der Waals surface area contributed by atoms with Crippen LogP contribution in [0.2, 0.25) is 5.02 Å². The quantitative estimate of drug-likeness (QED) is 0.572. The Bertz CT molecular complexity index is 1230. The van der Waals surface area contributed by atoms with E-state index in [2.05, 4.69) is 14.9 Å². The Morgan fingerprint density at radius 2 is 1.84 bits per heavy atom. The summed E-state index contributed by atoms with van der Waals surface area (Å²) in [6, 6.07) is 8.90. The summed E-state index contributed by atoms with van der Waals surface area (Å²) in [4.78, 5) is -0.897. The number of anilines is 1. The van der Waals surface area contributed by atoms with E-state index in [4.69, 9.17) is 11.6 Å². The predicted molar refractivity (Wildman–Crippen MR) is 110 cm³/mol. The van der Waals surface area contributed by atoms with Crippen LogP contribution in [0.1, 0.15) is 30.7 Å². The lowest BCUT2D eigenvalue weighted by molar-refractivity contribution is -0.139. The third kappa shape index (κ3) is 4.54. The molecule has 2 aromatic carbocycles. The molecular weight excluding hydrogens is 453 g/mol. The summed E-state index contributed by atoms with van der Waals surface area (Å²) in [6.45, 7) is 0.757. The highest BCUT2D eigenvalue weighted by molar-refractivity contribution is 7.92. The van der Waals surface area contributed by atoms with E-state index < -0.39 is 26.7 Å². The molecule has 0 aliphatic carbocycles. The van der Waals surface area contributed by atoms with Crippen molar-refractivity contribution in [1.82, 2.24) is 14.8 Å². The number of rotatable bonds is 4. The lowest BCUT2D eigenvalue weighted by atomic mass is 10.2. The Kier molecular flexibility index (Phi) is 5.69. The molecule has 6 nitrogen and oxygen atoms in total. The highest BCUT2D eigenvalue weighted by Gasteiger charge is 2.37. The minimum Gasteiger partial charge on any atom is -0.311 e. The average Bonchev–Trinajstić information content (AvgIpc) is 2.95. The molecule has 0 amide bonds. The van der Waals surface area contributed by atoms with Crippen LogP contribution in [0.25, 0.3) is 11.4 Å². The molecule has 1 aliphatic heterocycles. The molecule has 0 bridgehead atoms. The molecule has 0 spiro atoms. The van der Waals surface area contributed by atoms with E-state index >= 15 is 0 Å². The Hall–Kier alpha value is -2.59. The van der Waals surface area contributed by atoms with Crippen LogP contribution in [0.3, 0.4) is 0 Å². The van der Waals surface area contributed by atoms with Crippen LogP contribution >= 0.6 is 11.6 Å². The normalized spacial score (nSPS) is 14.7. The van der Waals surface area contributed by atoms with Crippen molar-refractivity contribution < 1.29 is 21.6 Å². The number of aromatic nitrogens is 3. The van der Waals surface area contributed by atoms with Crippen LogP contribution in [0.5, 0.6) is 0 Å². The first kappa shape index (κ1) is 21.6. The number of halogens is 4. The number of alkyl halides is 3. The maximum absolute atomic E-state index is 13.4. The second kappa shape index (κ2) is 8.16. The first-order valence-electron chi connectivity index (χ1n) is 9.57. The fraction of sp³-hybridized carbons (Fsp3) is 0.300. The van der Waals surface area contributed by atoms with Gasteiger partial charge in [-0.2, -0.15) is 13.2 Å². The van der Waals surface area contributed by atoms with Crippen molar-refractivity contribution in [3.8, 4) is 11.4 Å². The first-order chi connectivity index (χ1) is 14.6. The number of sulfonamides is 1. The van der Waals surface area contributed by atoms with Gasteiger partial charge in [0.2, 0.25) is 0 Å². The van der Waals surface area contributed by atoms with Crippen molar-refractivity contribution in [2.45, 2.75) is 43.3 Å². The van der Waals surface area contributed by atoms with Gasteiger partial charge < -0.3 is 4.57 Å². The molecular formula is C20H18ClF3N4O2S. The Labute approximate surface area is 182 Å². The van der Waals surface area contributed by atoms with Gasteiger partial charge in [-0.25, -0.2) is 8.42 Å². The fourth-order valence-electron chi connectivity index (χ4n) is 3.59. The molecule has 4 rings (SSSR count). The fourth-order valence-corrected chi connectivity index (χ4v) is 5.02. The van der Waals surface area contributed by atoms with Crippen molar-refractivity contribution in [3.63, 3.8) is 0 Å². The van der Waals surface area contributed by atoms with Crippen LogP contribution in [0.4, 0.5) is 18.9 Å². The third-order valence-corrected chi connectivity index (χ3v) is 6.69. The van der Waals surface area contributed by atoms with E-state index in [0.717, 1.165) is 50.2 Å². The van der Waals surface area contributed by atoms with E-state index in [-0.39, 0.29) is 10.7 Å². The molecule has 1 aromatic heterocycles. The van der Waals surface area contributed by atoms with Crippen LogP contribution < -0.4 is 4.72 Å². The van der Waals surface area contributed by atoms with Gasteiger partial charge in [0.15, 0.2) is 5.82 Å². The van der Waals surface area contributed by atoms with Crippen LogP contribution in [0, 0.1) is 0 Å². The summed E-state index contributed by atoms with van der Waals surface area (Å²) in [7, 11) is -4.52. The minimum absolute atomic E-state index is 0.117. The molecule has 2 heterocycles. The summed E-state index contributed by atoms with van der Waals surface area (Å²) in [6.07, 6.45) is -0.959. The largest absolute Gasteiger partial charge is 0.417 e. The second-order valence-corrected chi connectivity index (χ2v) is 9.31. The zero-order valence-corrected chi connectivity index (χ0v) is 17.7. The van der Waals surface area contributed by atoms with Gasteiger partial charge in [-0.3, -0.25) is 4.72 Å². The first-order valence-corrected chi connectivity index (χ1v) is 11.4. The molecule has 0 unspecified atom stereocenters. The molecule has 0 radical (unpaired) electrons. The van der Waals surface area contributed by atoms with Gasteiger partial charge >= 0.3 is 6.18 Å². The highest BCUT2D eigenvalue weighted by atomic mass is 35.5. The molecule has 11 heteroatoms. The average molecular weight is 471 g/mol. The number of nitrogens with one attached hydrogen (secondary N) is 1. The summed E-state index contributed by atoms with van der Waals surface area (Å²) in [5, 5.41) is 8.25. The van der Waals surface area contributed by atoms with Gasteiger partial charge in [-0.15, -0.1) is 10.2 Å². The standard InChI is InChI=1S/C20H18ClF3N4O2S/c21-14-8-9-17(16(12-14)20(22,23)24)31(29,30)27-15-6-4-5-13(11-15)19-26-25-18-7-2-1-3-10-28(18)19/h4-6,8-9,11-12,27H,1-3,7,10H2. The van der Waals surface area contributed by atoms with E-state index in [1.165, 1.54) is 12.1 Å². The topological polar surface area (TPSA) is 76.9 Å². The number of nitrogens with zero attached hydrogens (tertiary/aromatic N) is 3. The summed E-state index contributed by atoms with van der Waals surface area (Å²) < 4.78 is 69.9. The molecule has 0 fully saturated rings. The van der Waals surface area contributed by atoms with E-state index in [1.807, 2.05) is 4.57 Å². The lowest BCUT2D eigenvalue weighted by Gasteiger charge is -2.15. The van der Waals surface area contributed by atoms with Gasteiger partial charge in [0.1, 0.15) is 5.82 Å². The zero-order valence-electron chi connectivity index (χ0n) is 16.2. The number of fused-ring (bicyclic) bond motifs is 1. The maximum Gasteiger partial charge on any atom is 0.417 e. The molecule has 1 N–H and O–H groups in total. The smallest absolute Gasteiger partial charge is 0.311 e. The van der Waals surface area contributed by atoms with E-state index in [1.54, 1.807) is 12.1 Å². The third-order valence-electron chi connectivity index (χ3n) is 5.02. The number of hydrogen-bond acceptors (Lipinski definition) is 4. The van der Waals surface area contributed by atoms with Gasteiger partial charge in [0.05, 0.1) is 10.5 Å². The number of hydrogen-bond donors (Lipinski definition) is 1. The summed E-state index contributed by atoms with van der Waals surface area (Å²) in [5.74, 6) is 1.47. The van der Waals surface area contributed by atoms with Crippen LogP contribution in [0.15, 0.2) is 47.4 Å². The summed E-state index contributed by atoms with van der Waals surface area (Å²) >= 11 is 5.65. The SMILES string of the molecule is O=S(=O)(Nc1cccc(-c2nnc3n2CCCCC3)c1)c1ccc(Cl)cc1C(F)(F)F. The predicted octanol–water partition coefficient (Wildman–Crippen LogP) is 5.14. The van der Waals surface area contributed by atoms with Crippen molar-refractivity contribution in [2.24, 2.45) is 0 Å². The minimum atomic E-state index is -4.88. The number of benzene rings is 2. The molecule has 164 valence electrons. The van der Waals surface area contributed by atoms with E-state index in [0.29, 0.717) is 17.5 Å². The van der Waals surface area contributed by atoms with Gasteiger partial charge in [-0.05, 0) is 43.2 Å². The Morgan fingerprint density at radius 1 is 1.03 bits per heavy atom. The van der Waals surface area contributed by atoms with Crippen molar-refractivity contribution >= 4 is 27.3 Å². The lowest BCUT2D eigenvalue weighted by Crippen LogP contribution is -2.19. The molecule has 1 aliphatic rings. The molecule has 0 atom stereocenters. The second-order valence-electron chi connectivity index (χ2n) is 7.23. The van der Waals surface area contributed by atoms with Crippen LogP contribution in [-0.2, 0) is 29.2 Å². The van der Waals surface area contributed by atoms with E-state index in [9.17, 15) is 21.6 Å². The monoisotopic (exact) mass is 470 g/mol. The Morgan fingerprint density at radius 3 is 2.61 bits per heavy atom.